The first-order chi connectivity index (χ1) is 15.1. The predicted molar refractivity (Wildman–Crippen MR) is 123 cm³/mol. The zero-order valence-electron chi connectivity index (χ0n) is 16.9. The quantitative estimate of drug-likeness (QED) is 0.508. The molecular formula is C21H22FN5O2S2. The molecule has 2 N–H and O–H groups in total. The predicted octanol–water partition coefficient (Wildman–Crippen LogP) is 4.38. The standard InChI is InChI=1S/C21H22FN5O2S2/c1-14(30-21-26-25-20(31-21)24-18-5-3-2-4-17(18)22)19(28)23-15-6-8-16(9-7-15)27-10-12-29-13-11-27/h2-9,14H,10-13H2,1H3,(H,23,28)(H,24,25)/t14-/m1/s1. The van der Waals surface area contributed by atoms with E-state index in [9.17, 15) is 9.18 Å². The van der Waals surface area contributed by atoms with E-state index in [4.69, 9.17) is 4.74 Å². The minimum Gasteiger partial charge on any atom is -0.378 e. The Morgan fingerprint density at radius 3 is 2.65 bits per heavy atom. The monoisotopic (exact) mass is 459 g/mol. The van der Waals surface area contributed by atoms with Crippen molar-refractivity contribution in [3.63, 3.8) is 0 Å². The van der Waals surface area contributed by atoms with Crippen molar-refractivity contribution in [1.82, 2.24) is 10.2 Å². The fourth-order valence-corrected chi connectivity index (χ4v) is 4.92. The highest BCUT2D eigenvalue weighted by atomic mass is 32.2. The summed E-state index contributed by atoms with van der Waals surface area (Å²) in [6.07, 6.45) is 0. The second kappa shape index (κ2) is 10.1. The molecule has 1 amide bonds. The number of morpholine rings is 1. The smallest absolute Gasteiger partial charge is 0.237 e. The van der Waals surface area contributed by atoms with Gasteiger partial charge in [0.05, 0.1) is 24.2 Å². The minimum atomic E-state index is -0.367. The van der Waals surface area contributed by atoms with Gasteiger partial charge in [-0.2, -0.15) is 0 Å². The molecule has 7 nitrogen and oxygen atoms in total. The third-order valence-electron chi connectivity index (χ3n) is 4.68. The van der Waals surface area contributed by atoms with Crippen LogP contribution in [0.4, 0.5) is 26.6 Å². The number of halogens is 1. The topological polar surface area (TPSA) is 79.4 Å². The Bertz CT molecular complexity index is 1020. The Morgan fingerprint density at radius 1 is 1.16 bits per heavy atom. The molecular weight excluding hydrogens is 437 g/mol. The fraction of sp³-hybridized carbons (Fsp3) is 0.286. The van der Waals surface area contributed by atoms with Crippen molar-refractivity contribution in [2.75, 3.05) is 41.8 Å². The lowest BCUT2D eigenvalue weighted by atomic mass is 10.2. The molecule has 1 aromatic heterocycles. The van der Waals surface area contributed by atoms with E-state index < -0.39 is 0 Å². The Labute approximate surface area is 188 Å². The molecule has 0 spiro atoms. The summed E-state index contributed by atoms with van der Waals surface area (Å²) in [6.45, 7) is 5.02. The number of carbonyl (C=O) groups is 1. The number of aromatic nitrogens is 2. The van der Waals surface area contributed by atoms with Crippen molar-refractivity contribution < 1.29 is 13.9 Å². The molecule has 0 radical (unpaired) electrons. The van der Waals surface area contributed by atoms with E-state index in [0.29, 0.717) is 15.2 Å². The van der Waals surface area contributed by atoms with Gasteiger partial charge in [0.1, 0.15) is 5.82 Å². The van der Waals surface area contributed by atoms with Crippen LogP contribution in [0.25, 0.3) is 0 Å². The molecule has 10 heteroatoms. The van der Waals surface area contributed by atoms with Gasteiger partial charge in [0.15, 0.2) is 4.34 Å². The van der Waals surface area contributed by atoms with E-state index in [1.165, 1.54) is 29.2 Å². The molecule has 0 bridgehead atoms. The average Bonchev–Trinajstić information content (AvgIpc) is 3.23. The summed E-state index contributed by atoms with van der Waals surface area (Å²) in [6, 6.07) is 14.2. The van der Waals surface area contributed by atoms with Gasteiger partial charge in [-0.15, -0.1) is 10.2 Å². The number of amides is 1. The zero-order chi connectivity index (χ0) is 21.6. The van der Waals surface area contributed by atoms with Crippen LogP contribution in [0.3, 0.4) is 0 Å². The van der Waals surface area contributed by atoms with Crippen LogP contribution in [0, 0.1) is 5.82 Å². The maximum Gasteiger partial charge on any atom is 0.237 e. The number of hydrogen-bond donors (Lipinski definition) is 2. The molecule has 1 fully saturated rings. The number of benzene rings is 2. The number of anilines is 4. The lowest BCUT2D eigenvalue weighted by Gasteiger charge is -2.28. The summed E-state index contributed by atoms with van der Waals surface area (Å²) in [4.78, 5) is 14.8. The molecule has 3 aromatic rings. The first-order valence-corrected chi connectivity index (χ1v) is 11.5. The number of rotatable bonds is 7. The van der Waals surface area contributed by atoms with Gasteiger partial charge in [0.25, 0.3) is 0 Å². The van der Waals surface area contributed by atoms with Gasteiger partial charge in [-0.1, -0.05) is 35.2 Å². The molecule has 4 rings (SSSR count). The molecule has 1 aliphatic heterocycles. The molecule has 162 valence electrons. The van der Waals surface area contributed by atoms with Crippen LogP contribution in [0.5, 0.6) is 0 Å². The van der Waals surface area contributed by atoms with E-state index in [2.05, 4.69) is 25.7 Å². The third-order valence-corrected chi connectivity index (χ3v) is 6.70. The molecule has 1 atom stereocenters. The Hall–Kier alpha value is -2.69. The second-order valence-corrected chi connectivity index (χ2v) is 9.44. The van der Waals surface area contributed by atoms with Gasteiger partial charge < -0.3 is 20.3 Å². The van der Waals surface area contributed by atoms with Crippen LogP contribution in [0.15, 0.2) is 52.9 Å². The number of thioether (sulfide) groups is 1. The lowest BCUT2D eigenvalue weighted by molar-refractivity contribution is -0.115. The van der Waals surface area contributed by atoms with Crippen LogP contribution in [-0.4, -0.2) is 47.7 Å². The summed E-state index contributed by atoms with van der Waals surface area (Å²) >= 11 is 2.58. The van der Waals surface area contributed by atoms with Crippen molar-refractivity contribution in [2.45, 2.75) is 16.5 Å². The Balaban J connectivity index is 1.30. The maximum atomic E-state index is 13.8. The first kappa shape index (κ1) is 21.5. The van der Waals surface area contributed by atoms with Gasteiger partial charge >= 0.3 is 0 Å². The van der Waals surface area contributed by atoms with E-state index in [1.807, 2.05) is 31.2 Å². The number of carbonyl (C=O) groups excluding carboxylic acids is 1. The van der Waals surface area contributed by atoms with E-state index >= 15 is 0 Å². The largest absolute Gasteiger partial charge is 0.378 e. The van der Waals surface area contributed by atoms with Gasteiger partial charge in [0.2, 0.25) is 11.0 Å². The molecule has 31 heavy (non-hydrogen) atoms. The lowest BCUT2D eigenvalue weighted by Crippen LogP contribution is -2.36. The first-order valence-electron chi connectivity index (χ1n) is 9.84. The summed E-state index contributed by atoms with van der Waals surface area (Å²) < 4.78 is 19.8. The second-order valence-electron chi connectivity index (χ2n) is 6.87. The molecule has 0 saturated carbocycles. The third kappa shape index (κ3) is 5.72. The van der Waals surface area contributed by atoms with Crippen molar-refractivity contribution in [3.05, 3.63) is 54.3 Å². The molecule has 1 aliphatic rings. The van der Waals surface area contributed by atoms with Crippen molar-refractivity contribution in [3.8, 4) is 0 Å². The number of nitrogens with zero attached hydrogens (tertiary/aromatic N) is 3. The zero-order valence-corrected chi connectivity index (χ0v) is 18.5. The van der Waals surface area contributed by atoms with Crippen molar-refractivity contribution in [1.29, 1.82) is 0 Å². The molecule has 2 aromatic carbocycles. The van der Waals surface area contributed by atoms with Crippen LogP contribution in [-0.2, 0) is 9.53 Å². The summed E-state index contributed by atoms with van der Waals surface area (Å²) in [5.41, 5.74) is 2.20. The van der Waals surface area contributed by atoms with Crippen LogP contribution in [0.2, 0.25) is 0 Å². The summed E-state index contributed by atoms with van der Waals surface area (Å²) in [7, 11) is 0. The summed E-state index contributed by atoms with van der Waals surface area (Å²) in [5.74, 6) is -0.484. The van der Waals surface area contributed by atoms with E-state index in [-0.39, 0.29) is 17.0 Å². The molecule has 0 unspecified atom stereocenters. The van der Waals surface area contributed by atoms with Crippen LogP contribution >= 0.6 is 23.1 Å². The molecule has 1 saturated heterocycles. The number of ether oxygens (including phenoxy) is 1. The van der Waals surface area contributed by atoms with Gasteiger partial charge in [0, 0.05) is 24.5 Å². The van der Waals surface area contributed by atoms with Crippen molar-refractivity contribution >= 4 is 51.2 Å². The van der Waals surface area contributed by atoms with E-state index in [1.54, 1.807) is 18.2 Å². The number of nitrogens with one attached hydrogen (secondary N) is 2. The fourth-order valence-electron chi connectivity index (χ4n) is 3.01. The van der Waals surface area contributed by atoms with Gasteiger partial charge in [-0.25, -0.2) is 4.39 Å². The highest BCUT2D eigenvalue weighted by molar-refractivity contribution is 8.02. The highest BCUT2D eigenvalue weighted by Crippen LogP contribution is 2.31. The highest BCUT2D eigenvalue weighted by Gasteiger charge is 2.18. The summed E-state index contributed by atoms with van der Waals surface area (Å²) in [5, 5.41) is 14.1. The average molecular weight is 460 g/mol. The van der Waals surface area contributed by atoms with Gasteiger partial charge in [-0.3, -0.25) is 4.79 Å². The Kier molecular flexibility index (Phi) is 7.00. The number of para-hydroxylation sites is 1. The normalized spacial score (nSPS) is 14.8. The van der Waals surface area contributed by atoms with Crippen molar-refractivity contribution in [2.24, 2.45) is 0 Å². The molecule has 2 heterocycles. The maximum absolute atomic E-state index is 13.8. The molecule has 0 aliphatic carbocycles. The van der Waals surface area contributed by atoms with Crippen LogP contribution < -0.4 is 15.5 Å². The van der Waals surface area contributed by atoms with E-state index in [0.717, 1.165) is 37.7 Å². The number of hydrogen-bond acceptors (Lipinski definition) is 8. The van der Waals surface area contributed by atoms with Crippen LogP contribution in [0.1, 0.15) is 6.92 Å². The SMILES string of the molecule is C[C@@H](Sc1nnc(Nc2ccccc2F)s1)C(=O)Nc1ccc(N2CCOCC2)cc1. The van der Waals surface area contributed by atoms with Gasteiger partial charge in [-0.05, 0) is 43.3 Å². The Morgan fingerprint density at radius 2 is 1.90 bits per heavy atom. The minimum absolute atomic E-state index is 0.122.